The van der Waals surface area contributed by atoms with Gasteiger partial charge in [0.05, 0.1) is 29.1 Å². The molecule has 2 aromatic carbocycles. The van der Waals surface area contributed by atoms with Crippen molar-refractivity contribution in [3.05, 3.63) is 58.9 Å². The molecule has 0 aliphatic carbocycles. The predicted molar refractivity (Wildman–Crippen MR) is 125 cm³/mol. The van der Waals surface area contributed by atoms with Crippen molar-refractivity contribution in [1.29, 1.82) is 0 Å². The third-order valence-electron chi connectivity index (χ3n) is 4.72. The summed E-state index contributed by atoms with van der Waals surface area (Å²) in [7, 11) is 0. The SMILES string of the molecule is CCCC[C@H](CO)Nc1nc(N)nc2ccccc12.Nc1nc2ccccc2c(=O)[nH]1. The fourth-order valence-corrected chi connectivity index (χ4v) is 3.16. The highest BCUT2D eigenvalue weighted by Crippen LogP contribution is 2.22. The maximum atomic E-state index is 11.2. The highest BCUT2D eigenvalue weighted by Gasteiger charge is 2.11. The number of para-hydroxylation sites is 2. The van der Waals surface area contributed by atoms with Crippen LogP contribution in [0.25, 0.3) is 21.8 Å². The van der Waals surface area contributed by atoms with Gasteiger partial charge in [0.25, 0.3) is 5.56 Å². The molecule has 0 radical (unpaired) electrons. The van der Waals surface area contributed by atoms with Gasteiger partial charge >= 0.3 is 0 Å². The number of aliphatic hydroxyl groups excluding tert-OH is 1. The predicted octanol–water partition coefficient (Wildman–Crippen LogP) is 2.68. The van der Waals surface area contributed by atoms with Crippen LogP contribution in [0.3, 0.4) is 0 Å². The Kier molecular flexibility index (Phi) is 7.34. The number of fused-ring (bicyclic) bond motifs is 2. The summed E-state index contributed by atoms with van der Waals surface area (Å²) in [5.74, 6) is 1.09. The molecule has 4 rings (SSSR count). The minimum Gasteiger partial charge on any atom is -0.394 e. The van der Waals surface area contributed by atoms with E-state index in [2.05, 4.69) is 32.2 Å². The summed E-state index contributed by atoms with van der Waals surface area (Å²) in [6, 6.07) is 14.8. The molecular weight excluding hydrogens is 394 g/mol. The van der Waals surface area contributed by atoms with E-state index < -0.39 is 0 Å². The Labute approximate surface area is 179 Å². The Morgan fingerprint density at radius 2 is 1.65 bits per heavy atom. The highest BCUT2D eigenvalue weighted by molar-refractivity contribution is 5.90. The van der Waals surface area contributed by atoms with Crippen molar-refractivity contribution in [3.8, 4) is 0 Å². The Morgan fingerprint density at radius 3 is 2.32 bits per heavy atom. The van der Waals surface area contributed by atoms with Gasteiger partial charge in [0, 0.05) is 5.39 Å². The summed E-state index contributed by atoms with van der Waals surface area (Å²) in [6.07, 6.45) is 3.08. The van der Waals surface area contributed by atoms with E-state index >= 15 is 0 Å². The number of rotatable bonds is 6. The summed E-state index contributed by atoms with van der Waals surface area (Å²) >= 11 is 0. The van der Waals surface area contributed by atoms with Crippen molar-refractivity contribution in [3.63, 3.8) is 0 Å². The van der Waals surface area contributed by atoms with Crippen LogP contribution < -0.4 is 22.3 Å². The van der Waals surface area contributed by atoms with Gasteiger partial charge in [0.1, 0.15) is 5.82 Å². The minimum atomic E-state index is -0.196. The number of unbranched alkanes of at least 4 members (excludes halogenated alkanes) is 1. The number of benzene rings is 2. The molecule has 0 aliphatic heterocycles. The smallest absolute Gasteiger partial charge is 0.260 e. The molecule has 0 unspecified atom stereocenters. The molecule has 9 nitrogen and oxygen atoms in total. The first-order chi connectivity index (χ1) is 15.0. The number of hydrogen-bond acceptors (Lipinski definition) is 8. The van der Waals surface area contributed by atoms with Crippen molar-refractivity contribution >= 4 is 39.5 Å². The lowest BCUT2D eigenvalue weighted by Crippen LogP contribution is -2.24. The van der Waals surface area contributed by atoms with Crippen LogP contribution in [-0.2, 0) is 0 Å². The van der Waals surface area contributed by atoms with Crippen LogP contribution >= 0.6 is 0 Å². The molecule has 0 saturated heterocycles. The molecule has 0 saturated carbocycles. The van der Waals surface area contributed by atoms with E-state index in [0.29, 0.717) is 16.7 Å². The lowest BCUT2D eigenvalue weighted by molar-refractivity contribution is 0.267. The van der Waals surface area contributed by atoms with E-state index in [0.717, 1.165) is 30.2 Å². The van der Waals surface area contributed by atoms with E-state index in [4.69, 9.17) is 11.5 Å². The van der Waals surface area contributed by atoms with Crippen LogP contribution in [0.2, 0.25) is 0 Å². The maximum Gasteiger partial charge on any atom is 0.260 e. The van der Waals surface area contributed by atoms with Crippen molar-refractivity contribution in [2.75, 3.05) is 23.4 Å². The van der Waals surface area contributed by atoms with E-state index in [9.17, 15) is 9.90 Å². The number of nitrogens with one attached hydrogen (secondary N) is 2. The van der Waals surface area contributed by atoms with Gasteiger partial charge in [-0.05, 0) is 30.7 Å². The third kappa shape index (κ3) is 5.67. The van der Waals surface area contributed by atoms with Crippen molar-refractivity contribution in [2.24, 2.45) is 0 Å². The first-order valence-electron chi connectivity index (χ1n) is 10.2. The molecule has 2 aromatic heterocycles. The molecule has 9 heteroatoms. The molecule has 2 heterocycles. The quantitative estimate of drug-likeness (QED) is 0.318. The van der Waals surface area contributed by atoms with Crippen molar-refractivity contribution < 1.29 is 5.11 Å². The molecule has 1 atom stereocenters. The normalized spacial score (nSPS) is 11.7. The van der Waals surface area contributed by atoms with Crippen LogP contribution in [0, 0.1) is 0 Å². The number of nitrogen functional groups attached to an aromatic ring is 2. The molecule has 31 heavy (non-hydrogen) atoms. The Morgan fingerprint density at radius 1 is 1.00 bits per heavy atom. The number of aromatic nitrogens is 4. The van der Waals surface area contributed by atoms with E-state index in [-0.39, 0.29) is 30.1 Å². The summed E-state index contributed by atoms with van der Waals surface area (Å²) in [6.45, 7) is 2.21. The zero-order chi connectivity index (χ0) is 22.2. The van der Waals surface area contributed by atoms with Gasteiger partial charge in [-0.15, -0.1) is 0 Å². The van der Waals surface area contributed by atoms with Crippen LogP contribution in [0.4, 0.5) is 17.7 Å². The summed E-state index contributed by atoms with van der Waals surface area (Å²) < 4.78 is 0. The lowest BCUT2D eigenvalue weighted by Gasteiger charge is -2.17. The van der Waals surface area contributed by atoms with Gasteiger partial charge < -0.3 is 21.9 Å². The standard InChI is InChI=1S/C14H20N4O.C8H7N3O/c1-2-3-6-10(9-19)16-13-11-7-4-5-8-12(11)17-14(15)18-13;9-8-10-6-4-2-1-3-5(6)7(12)11-8/h4-5,7-8,10,19H,2-3,6,9H2,1H3,(H3,15,16,17,18);1-4H,(H3,9,10,11,12)/t10-;/m1./s1. The van der Waals surface area contributed by atoms with Crippen LogP contribution in [-0.4, -0.2) is 37.7 Å². The molecule has 4 aromatic rings. The Hall–Kier alpha value is -3.72. The number of hydrogen-bond donors (Lipinski definition) is 5. The minimum absolute atomic E-state index is 0.00217. The molecule has 0 bridgehead atoms. The monoisotopic (exact) mass is 421 g/mol. The van der Waals surface area contributed by atoms with Gasteiger partial charge in [0.15, 0.2) is 0 Å². The molecule has 0 spiro atoms. The van der Waals surface area contributed by atoms with Crippen LogP contribution in [0.1, 0.15) is 26.2 Å². The van der Waals surface area contributed by atoms with Gasteiger partial charge in [-0.2, -0.15) is 4.98 Å². The zero-order valence-corrected chi connectivity index (χ0v) is 17.4. The first kappa shape index (κ1) is 22.0. The third-order valence-corrected chi connectivity index (χ3v) is 4.72. The van der Waals surface area contributed by atoms with Crippen molar-refractivity contribution in [2.45, 2.75) is 32.2 Å². The summed E-state index contributed by atoms with van der Waals surface area (Å²) in [5, 5.41) is 14.2. The Balaban J connectivity index is 0.000000194. The fraction of sp³-hybridized carbons (Fsp3) is 0.273. The number of nitrogens with zero attached hydrogens (tertiary/aromatic N) is 3. The van der Waals surface area contributed by atoms with Gasteiger partial charge in [-0.3, -0.25) is 9.78 Å². The Bertz CT molecular complexity index is 1210. The largest absolute Gasteiger partial charge is 0.394 e. The fourth-order valence-electron chi connectivity index (χ4n) is 3.16. The zero-order valence-electron chi connectivity index (χ0n) is 17.4. The van der Waals surface area contributed by atoms with Gasteiger partial charge in [0.2, 0.25) is 11.9 Å². The molecule has 0 aliphatic rings. The summed E-state index contributed by atoms with van der Waals surface area (Å²) in [5.41, 5.74) is 12.3. The second-order valence-electron chi connectivity index (χ2n) is 7.08. The van der Waals surface area contributed by atoms with Gasteiger partial charge in [-0.1, -0.05) is 44.0 Å². The maximum absolute atomic E-state index is 11.2. The topological polar surface area (TPSA) is 156 Å². The molecular formula is C22H27N7O2. The number of nitrogens with two attached hydrogens (primary N) is 2. The second kappa shape index (κ2) is 10.4. The average molecular weight is 422 g/mol. The lowest BCUT2D eigenvalue weighted by atomic mass is 10.1. The molecule has 0 fully saturated rings. The number of aliphatic hydroxyl groups is 1. The summed E-state index contributed by atoms with van der Waals surface area (Å²) in [4.78, 5) is 26.0. The number of aromatic amines is 1. The highest BCUT2D eigenvalue weighted by atomic mass is 16.3. The molecule has 0 amide bonds. The molecule has 7 N–H and O–H groups in total. The van der Waals surface area contributed by atoms with E-state index in [1.807, 2.05) is 30.3 Å². The van der Waals surface area contributed by atoms with Crippen LogP contribution in [0.5, 0.6) is 0 Å². The molecule has 162 valence electrons. The van der Waals surface area contributed by atoms with E-state index in [1.165, 1.54) is 0 Å². The van der Waals surface area contributed by atoms with E-state index in [1.54, 1.807) is 18.2 Å². The number of anilines is 3. The first-order valence-corrected chi connectivity index (χ1v) is 10.2. The average Bonchev–Trinajstić information content (AvgIpc) is 2.76. The number of H-pyrrole nitrogens is 1. The van der Waals surface area contributed by atoms with Gasteiger partial charge in [-0.25, -0.2) is 9.97 Å². The second-order valence-corrected chi connectivity index (χ2v) is 7.08. The van der Waals surface area contributed by atoms with Crippen LogP contribution in [0.15, 0.2) is 53.3 Å². The van der Waals surface area contributed by atoms with Crippen molar-refractivity contribution in [1.82, 2.24) is 19.9 Å².